The molecule has 0 bridgehead atoms. The molecule has 2 heterocycles. The summed E-state index contributed by atoms with van der Waals surface area (Å²) in [6.07, 6.45) is 18.0. The summed E-state index contributed by atoms with van der Waals surface area (Å²) in [4.78, 5) is 2.94. The Hall–Kier alpha value is -5.12. The molecule has 0 amide bonds. The van der Waals surface area contributed by atoms with Gasteiger partial charge in [-0.25, -0.2) is 0 Å². The second-order valence-electron chi connectivity index (χ2n) is 14.4. The summed E-state index contributed by atoms with van der Waals surface area (Å²) in [5, 5.41) is 38.7. The number of hydrogen-bond acceptors (Lipinski definition) is 8. The number of nitrogens with zero attached hydrogens (tertiary/aromatic N) is 6. The van der Waals surface area contributed by atoms with Crippen LogP contribution in [0.3, 0.4) is 0 Å². The molecule has 2 unspecified atom stereocenters. The number of rotatable bonds is 21. The van der Waals surface area contributed by atoms with Gasteiger partial charge < -0.3 is 19.7 Å². The summed E-state index contributed by atoms with van der Waals surface area (Å²) in [5.74, 6) is 1.64. The summed E-state index contributed by atoms with van der Waals surface area (Å²) < 4.78 is 12.3. The number of benzene rings is 4. The molecule has 0 aliphatic heterocycles. The lowest BCUT2D eigenvalue weighted by molar-refractivity contribution is 0.175. The molecule has 0 fully saturated rings. The number of fused-ring (bicyclic) bond motifs is 2. The Morgan fingerprint density at radius 3 is 1.16 bits per heavy atom. The van der Waals surface area contributed by atoms with Crippen LogP contribution in [0.15, 0.2) is 84.9 Å². The fourth-order valence-electron chi connectivity index (χ4n) is 6.75. The first kappa shape index (κ1) is 41.1. The Bertz CT molecular complexity index is 1960. The van der Waals surface area contributed by atoms with E-state index in [1.807, 2.05) is 72.8 Å². The van der Waals surface area contributed by atoms with E-state index in [0.717, 1.165) is 60.6 Å². The van der Waals surface area contributed by atoms with Crippen molar-refractivity contribution in [2.24, 2.45) is 0 Å². The maximum absolute atomic E-state index is 10.5. The monoisotopic (exact) mass is 748 g/mol. The minimum absolute atomic E-state index is 0.119. The van der Waals surface area contributed by atoms with Crippen LogP contribution >= 0.6 is 0 Å². The van der Waals surface area contributed by atoms with E-state index in [-0.39, 0.29) is 23.7 Å². The van der Waals surface area contributed by atoms with E-state index < -0.39 is 0 Å². The Balaban J connectivity index is 0.000000211. The number of unbranched alkanes of at least 4 members (excludes halogenated alkanes) is 7. The van der Waals surface area contributed by atoms with Crippen molar-refractivity contribution in [3.05, 3.63) is 84.9 Å². The lowest BCUT2D eigenvalue weighted by Gasteiger charge is -2.19. The number of phenolic OH excluding ortho intramolecular Hbond substituents is 2. The molecule has 294 valence electrons. The second-order valence-corrected chi connectivity index (χ2v) is 14.4. The van der Waals surface area contributed by atoms with Crippen LogP contribution in [0.2, 0.25) is 0 Å². The molecule has 0 spiro atoms. The smallest absolute Gasteiger partial charge is 0.146 e. The molecule has 2 N–H and O–H groups in total. The highest BCUT2D eigenvalue weighted by Gasteiger charge is 2.15. The SMILES string of the molecule is CCCCCCC(CCC)Oc1ccc(-n2nc3ccccc3n2)c(O)c1.CCCCCCCC(CCC)Oc1ccc(-n2nc3ccccc3n2)c(O)c1. The van der Waals surface area contributed by atoms with Crippen molar-refractivity contribution < 1.29 is 19.7 Å². The van der Waals surface area contributed by atoms with E-state index in [4.69, 9.17) is 9.47 Å². The van der Waals surface area contributed by atoms with Gasteiger partial charge in [0.2, 0.25) is 0 Å². The van der Waals surface area contributed by atoms with Crippen molar-refractivity contribution >= 4 is 22.1 Å². The first-order valence-electron chi connectivity index (χ1n) is 20.6. The first-order chi connectivity index (χ1) is 26.9. The van der Waals surface area contributed by atoms with Gasteiger partial charge in [-0.15, -0.1) is 30.0 Å². The van der Waals surface area contributed by atoms with Crippen molar-refractivity contribution in [1.29, 1.82) is 0 Å². The van der Waals surface area contributed by atoms with E-state index in [2.05, 4.69) is 48.1 Å². The molecular weight excluding hydrogens is 689 g/mol. The molecule has 0 radical (unpaired) electrons. The molecule has 0 saturated carbocycles. The number of hydrogen-bond donors (Lipinski definition) is 2. The van der Waals surface area contributed by atoms with Gasteiger partial charge in [0.25, 0.3) is 0 Å². The number of ether oxygens (including phenoxy) is 2. The third kappa shape index (κ3) is 12.2. The largest absolute Gasteiger partial charge is 0.505 e. The van der Waals surface area contributed by atoms with Crippen LogP contribution in [0.25, 0.3) is 33.4 Å². The zero-order valence-corrected chi connectivity index (χ0v) is 33.2. The van der Waals surface area contributed by atoms with Crippen LogP contribution in [-0.2, 0) is 0 Å². The molecule has 4 aromatic carbocycles. The Morgan fingerprint density at radius 1 is 0.455 bits per heavy atom. The number of phenols is 2. The van der Waals surface area contributed by atoms with Crippen LogP contribution in [-0.4, -0.2) is 52.4 Å². The fourth-order valence-corrected chi connectivity index (χ4v) is 6.75. The van der Waals surface area contributed by atoms with Gasteiger partial charge in [0.05, 0.1) is 12.2 Å². The lowest BCUT2D eigenvalue weighted by Crippen LogP contribution is -2.16. The van der Waals surface area contributed by atoms with Gasteiger partial charge in [0.15, 0.2) is 0 Å². The molecule has 0 aliphatic rings. The quantitative estimate of drug-likeness (QED) is 0.0698. The van der Waals surface area contributed by atoms with Gasteiger partial charge in [-0.3, -0.25) is 0 Å². The molecule has 10 nitrogen and oxygen atoms in total. The predicted octanol–water partition coefficient (Wildman–Crippen LogP) is 11.7. The zero-order valence-electron chi connectivity index (χ0n) is 33.2. The van der Waals surface area contributed by atoms with E-state index in [1.165, 1.54) is 67.4 Å². The summed E-state index contributed by atoms with van der Waals surface area (Å²) in [6, 6.07) is 26.1. The molecule has 2 aromatic heterocycles. The van der Waals surface area contributed by atoms with Gasteiger partial charge in [-0.1, -0.05) is 110 Å². The minimum Gasteiger partial charge on any atom is -0.505 e. The fraction of sp³-hybridized carbons (Fsp3) is 0.467. The highest BCUT2D eigenvalue weighted by Crippen LogP contribution is 2.30. The van der Waals surface area contributed by atoms with Gasteiger partial charge in [-0.05, 0) is 87.1 Å². The minimum atomic E-state index is 0.119. The van der Waals surface area contributed by atoms with Crippen LogP contribution in [0.1, 0.15) is 124 Å². The van der Waals surface area contributed by atoms with E-state index >= 15 is 0 Å². The second kappa shape index (κ2) is 21.7. The molecule has 0 aliphatic carbocycles. The maximum atomic E-state index is 10.5. The third-order valence-electron chi connectivity index (χ3n) is 9.73. The molecule has 6 rings (SSSR count). The Kier molecular flexibility index (Phi) is 16.2. The van der Waals surface area contributed by atoms with Crippen molar-refractivity contribution in [3.8, 4) is 34.4 Å². The average Bonchev–Trinajstić information content (AvgIpc) is 3.82. The van der Waals surface area contributed by atoms with Gasteiger partial charge in [0, 0.05) is 12.1 Å². The summed E-state index contributed by atoms with van der Waals surface area (Å²) in [5.41, 5.74) is 4.30. The Morgan fingerprint density at radius 2 is 0.818 bits per heavy atom. The molecule has 6 aromatic rings. The van der Waals surface area contributed by atoms with Crippen LogP contribution < -0.4 is 9.47 Å². The normalized spacial score (nSPS) is 12.4. The number of aromatic hydroxyl groups is 2. The van der Waals surface area contributed by atoms with E-state index in [1.54, 1.807) is 12.1 Å². The highest BCUT2D eigenvalue weighted by molar-refractivity contribution is 5.74. The van der Waals surface area contributed by atoms with Crippen molar-refractivity contribution in [2.75, 3.05) is 0 Å². The topological polar surface area (TPSA) is 120 Å². The first-order valence-corrected chi connectivity index (χ1v) is 20.6. The van der Waals surface area contributed by atoms with Crippen molar-refractivity contribution in [2.45, 2.75) is 136 Å². The summed E-state index contributed by atoms with van der Waals surface area (Å²) in [7, 11) is 0. The Labute approximate surface area is 326 Å². The van der Waals surface area contributed by atoms with Gasteiger partial charge >= 0.3 is 0 Å². The summed E-state index contributed by atoms with van der Waals surface area (Å²) in [6.45, 7) is 8.82. The van der Waals surface area contributed by atoms with Gasteiger partial charge in [0.1, 0.15) is 56.4 Å². The molecule has 55 heavy (non-hydrogen) atoms. The van der Waals surface area contributed by atoms with Crippen LogP contribution in [0.4, 0.5) is 0 Å². The van der Waals surface area contributed by atoms with Crippen LogP contribution in [0, 0.1) is 0 Å². The zero-order chi connectivity index (χ0) is 38.8. The van der Waals surface area contributed by atoms with E-state index in [0.29, 0.717) is 22.9 Å². The lowest BCUT2D eigenvalue weighted by atomic mass is 10.0. The highest BCUT2D eigenvalue weighted by atomic mass is 16.5. The standard InChI is InChI=1S/C23H31N3O2.C22H29N3O2/c1-3-5-6-7-8-12-18(11-4-2)28-19-15-16-22(23(27)17-19)26-24-20-13-9-10-14-21(20)25-26;1-3-5-6-7-11-17(10-4-2)27-18-14-15-21(22(26)16-18)25-23-19-12-8-9-13-20(19)24-25/h9-10,13-18,27H,3-8,11-12H2,1-2H3;8-9,12-17,26H,3-7,10-11H2,1-2H3. The molecule has 10 heteroatoms. The summed E-state index contributed by atoms with van der Waals surface area (Å²) >= 11 is 0. The third-order valence-corrected chi connectivity index (χ3v) is 9.73. The molecular formula is C45H60N6O4. The van der Waals surface area contributed by atoms with Crippen molar-refractivity contribution in [1.82, 2.24) is 30.0 Å². The average molecular weight is 749 g/mol. The maximum Gasteiger partial charge on any atom is 0.146 e. The van der Waals surface area contributed by atoms with Crippen LogP contribution in [0.5, 0.6) is 23.0 Å². The molecule has 2 atom stereocenters. The van der Waals surface area contributed by atoms with E-state index in [9.17, 15) is 10.2 Å². The van der Waals surface area contributed by atoms with Gasteiger partial charge in [-0.2, -0.15) is 0 Å². The van der Waals surface area contributed by atoms with Crippen molar-refractivity contribution in [3.63, 3.8) is 0 Å². The predicted molar refractivity (Wildman–Crippen MR) is 222 cm³/mol. The molecule has 0 saturated heterocycles. The number of aromatic nitrogens is 6.